The van der Waals surface area contributed by atoms with Crippen LogP contribution < -0.4 is 10.6 Å². The minimum absolute atomic E-state index is 0.0251. The molecule has 0 bridgehead atoms. The van der Waals surface area contributed by atoms with E-state index in [2.05, 4.69) is 10.6 Å². The Balaban J connectivity index is 1.69. The van der Waals surface area contributed by atoms with Gasteiger partial charge in [0.05, 0.1) is 0 Å². The molecule has 1 saturated heterocycles. The molecule has 0 spiro atoms. The van der Waals surface area contributed by atoms with E-state index in [1.165, 1.54) is 6.92 Å². The molecule has 0 saturated carbocycles. The summed E-state index contributed by atoms with van der Waals surface area (Å²) < 4.78 is 5.66. The minimum atomic E-state index is -0.190. The second kappa shape index (κ2) is 6.79. The number of benzene rings is 1. The molecule has 1 fully saturated rings. The summed E-state index contributed by atoms with van der Waals surface area (Å²) in [5.74, 6) is 0.760. The molecule has 5 heteroatoms. The molecular formula is C18H20N2O3. The van der Waals surface area contributed by atoms with E-state index in [1.807, 2.05) is 12.1 Å². The van der Waals surface area contributed by atoms with Gasteiger partial charge >= 0.3 is 0 Å². The van der Waals surface area contributed by atoms with Gasteiger partial charge in [0.2, 0.25) is 0 Å². The van der Waals surface area contributed by atoms with Crippen molar-refractivity contribution in [1.82, 2.24) is 10.6 Å². The van der Waals surface area contributed by atoms with E-state index < -0.39 is 0 Å². The van der Waals surface area contributed by atoms with Gasteiger partial charge in [-0.05, 0) is 38.4 Å². The molecule has 1 aliphatic rings. The number of ketones is 1. The number of rotatable bonds is 4. The van der Waals surface area contributed by atoms with Crippen molar-refractivity contribution in [2.45, 2.75) is 25.8 Å². The van der Waals surface area contributed by atoms with E-state index in [0.29, 0.717) is 17.1 Å². The Hall–Kier alpha value is -2.40. The largest absolute Gasteiger partial charge is 0.451 e. The van der Waals surface area contributed by atoms with Gasteiger partial charge in [-0.15, -0.1) is 0 Å². The molecule has 2 heterocycles. The topological polar surface area (TPSA) is 71.3 Å². The highest BCUT2D eigenvalue weighted by Gasteiger charge is 2.18. The molecule has 120 valence electrons. The SMILES string of the molecule is CC(=O)c1ccc(-c2ccc(C(=O)N[C@H]3CCCNC3)o2)cc1. The standard InChI is InChI=1S/C18H20N2O3/c1-12(21)13-4-6-14(7-5-13)16-8-9-17(23-16)18(22)20-15-3-2-10-19-11-15/h4-9,15,19H,2-3,10-11H2,1H3,(H,20,22)/t15-/m0/s1. The monoisotopic (exact) mass is 312 g/mol. The first kappa shape index (κ1) is 15.5. The zero-order valence-corrected chi connectivity index (χ0v) is 13.1. The zero-order valence-electron chi connectivity index (χ0n) is 13.1. The summed E-state index contributed by atoms with van der Waals surface area (Å²) in [5.41, 5.74) is 1.50. The van der Waals surface area contributed by atoms with Gasteiger partial charge in [0.15, 0.2) is 11.5 Å². The van der Waals surface area contributed by atoms with Crippen LogP contribution in [0.15, 0.2) is 40.8 Å². The van der Waals surface area contributed by atoms with Crippen molar-refractivity contribution in [2.75, 3.05) is 13.1 Å². The van der Waals surface area contributed by atoms with E-state index in [0.717, 1.165) is 31.5 Å². The molecule has 5 nitrogen and oxygen atoms in total. The van der Waals surface area contributed by atoms with Gasteiger partial charge in [-0.1, -0.05) is 24.3 Å². The number of carbonyl (C=O) groups excluding carboxylic acids is 2. The maximum absolute atomic E-state index is 12.2. The normalized spacial score (nSPS) is 17.7. The van der Waals surface area contributed by atoms with Crippen molar-refractivity contribution < 1.29 is 14.0 Å². The lowest BCUT2D eigenvalue weighted by Crippen LogP contribution is -2.45. The lowest BCUT2D eigenvalue weighted by Gasteiger charge is -2.23. The maximum atomic E-state index is 12.2. The molecule has 2 N–H and O–H groups in total. The Bertz CT molecular complexity index is 697. The summed E-state index contributed by atoms with van der Waals surface area (Å²) in [6.45, 7) is 3.34. The van der Waals surface area contributed by atoms with E-state index in [9.17, 15) is 9.59 Å². The number of hydrogen-bond donors (Lipinski definition) is 2. The lowest BCUT2D eigenvalue weighted by molar-refractivity contribution is 0.0903. The molecule has 3 rings (SSSR count). The summed E-state index contributed by atoms with van der Waals surface area (Å²) in [7, 11) is 0. The molecule has 1 aromatic carbocycles. The number of amides is 1. The highest BCUT2D eigenvalue weighted by Crippen LogP contribution is 2.23. The van der Waals surface area contributed by atoms with Gasteiger partial charge in [0.1, 0.15) is 5.76 Å². The summed E-state index contributed by atoms with van der Waals surface area (Å²) >= 11 is 0. The highest BCUT2D eigenvalue weighted by molar-refractivity contribution is 5.94. The first-order valence-electron chi connectivity index (χ1n) is 7.86. The fraction of sp³-hybridized carbons (Fsp3) is 0.333. The van der Waals surface area contributed by atoms with Crippen LogP contribution in [-0.2, 0) is 0 Å². The second-order valence-electron chi connectivity index (χ2n) is 5.81. The summed E-state index contributed by atoms with van der Waals surface area (Å²) in [4.78, 5) is 23.5. The summed E-state index contributed by atoms with van der Waals surface area (Å²) in [6, 6.07) is 10.8. The molecular weight excluding hydrogens is 292 g/mol. The first-order chi connectivity index (χ1) is 11.1. The Labute approximate surface area is 135 Å². The quantitative estimate of drug-likeness (QED) is 0.851. The Kier molecular flexibility index (Phi) is 4.57. The smallest absolute Gasteiger partial charge is 0.287 e. The number of piperidine rings is 1. The summed E-state index contributed by atoms with van der Waals surface area (Å²) in [6.07, 6.45) is 2.05. The third kappa shape index (κ3) is 3.68. The van der Waals surface area contributed by atoms with Crippen LogP contribution in [0.1, 0.15) is 40.7 Å². The van der Waals surface area contributed by atoms with Crippen LogP contribution in [0.5, 0.6) is 0 Å². The molecule has 0 radical (unpaired) electrons. The molecule has 1 amide bonds. The van der Waals surface area contributed by atoms with Crippen LogP contribution in [0, 0.1) is 0 Å². The number of Topliss-reactive ketones (excluding diaryl/α,β-unsaturated/α-hetero) is 1. The van der Waals surface area contributed by atoms with E-state index in [1.54, 1.807) is 24.3 Å². The second-order valence-corrected chi connectivity index (χ2v) is 5.81. The van der Waals surface area contributed by atoms with Gasteiger partial charge in [-0.3, -0.25) is 9.59 Å². The fourth-order valence-electron chi connectivity index (χ4n) is 2.72. The molecule has 0 aliphatic carbocycles. The van der Waals surface area contributed by atoms with Crippen molar-refractivity contribution in [3.63, 3.8) is 0 Å². The molecule has 1 aliphatic heterocycles. The van der Waals surface area contributed by atoms with Crippen LogP contribution in [-0.4, -0.2) is 30.8 Å². The van der Waals surface area contributed by atoms with E-state index in [4.69, 9.17) is 4.42 Å². The molecule has 23 heavy (non-hydrogen) atoms. The van der Waals surface area contributed by atoms with E-state index in [-0.39, 0.29) is 17.7 Å². The van der Waals surface area contributed by atoms with Crippen molar-refractivity contribution in [2.24, 2.45) is 0 Å². The zero-order chi connectivity index (χ0) is 16.2. The van der Waals surface area contributed by atoms with Crippen LogP contribution in [0.3, 0.4) is 0 Å². The predicted molar refractivity (Wildman–Crippen MR) is 87.5 cm³/mol. The van der Waals surface area contributed by atoms with Gasteiger partial charge in [0, 0.05) is 23.7 Å². The predicted octanol–water partition coefficient (Wildman–Crippen LogP) is 2.63. The van der Waals surface area contributed by atoms with Gasteiger partial charge in [0.25, 0.3) is 5.91 Å². The highest BCUT2D eigenvalue weighted by atomic mass is 16.3. The lowest BCUT2D eigenvalue weighted by atomic mass is 10.1. The Morgan fingerprint density at radius 2 is 1.96 bits per heavy atom. The molecule has 1 aromatic heterocycles. The van der Waals surface area contributed by atoms with Gasteiger partial charge in [-0.25, -0.2) is 0 Å². The molecule has 2 aromatic rings. The van der Waals surface area contributed by atoms with Gasteiger partial charge < -0.3 is 15.1 Å². The third-order valence-electron chi connectivity index (χ3n) is 4.04. The maximum Gasteiger partial charge on any atom is 0.287 e. The van der Waals surface area contributed by atoms with Crippen LogP contribution in [0.4, 0.5) is 0 Å². The third-order valence-corrected chi connectivity index (χ3v) is 4.04. The van der Waals surface area contributed by atoms with Crippen LogP contribution in [0.2, 0.25) is 0 Å². The fourth-order valence-corrected chi connectivity index (χ4v) is 2.72. The van der Waals surface area contributed by atoms with Gasteiger partial charge in [-0.2, -0.15) is 0 Å². The minimum Gasteiger partial charge on any atom is -0.451 e. The van der Waals surface area contributed by atoms with Crippen molar-refractivity contribution in [1.29, 1.82) is 0 Å². The van der Waals surface area contributed by atoms with Crippen molar-refractivity contribution in [3.8, 4) is 11.3 Å². The number of furan rings is 1. The van der Waals surface area contributed by atoms with Crippen LogP contribution in [0.25, 0.3) is 11.3 Å². The number of hydrogen-bond acceptors (Lipinski definition) is 4. The molecule has 0 unspecified atom stereocenters. The molecule has 1 atom stereocenters. The van der Waals surface area contributed by atoms with Crippen molar-refractivity contribution in [3.05, 3.63) is 47.7 Å². The Morgan fingerprint density at radius 3 is 2.61 bits per heavy atom. The average Bonchev–Trinajstić information content (AvgIpc) is 3.06. The number of nitrogens with one attached hydrogen (secondary N) is 2. The number of carbonyl (C=O) groups is 2. The summed E-state index contributed by atoms with van der Waals surface area (Å²) in [5, 5.41) is 6.25. The average molecular weight is 312 g/mol. The van der Waals surface area contributed by atoms with E-state index >= 15 is 0 Å². The Morgan fingerprint density at radius 1 is 1.17 bits per heavy atom. The first-order valence-corrected chi connectivity index (χ1v) is 7.86. The van der Waals surface area contributed by atoms with Crippen molar-refractivity contribution >= 4 is 11.7 Å². The van der Waals surface area contributed by atoms with Crippen LogP contribution >= 0.6 is 0 Å².